The summed E-state index contributed by atoms with van der Waals surface area (Å²) >= 11 is 0. The zero-order chi connectivity index (χ0) is 12.3. The summed E-state index contributed by atoms with van der Waals surface area (Å²) in [6.07, 6.45) is 3.09. The van der Waals surface area contributed by atoms with Crippen LogP contribution in [0.25, 0.3) is 0 Å². The molecular formula is C12H12FN3O. The maximum Gasteiger partial charge on any atom is 0.146 e. The van der Waals surface area contributed by atoms with Gasteiger partial charge in [-0.25, -0.2) is 4.39 Å². The van der Waals surface area contributed by atoms with Gasteiger partial charge in [-0.3, -0.25) is 4.98 Å². The van der Waals surface area contributed by atoms with Crippen LogP contribution in [0.1, 0.15) is 0 Å². The zero-order valence-electron chi connectivity index (χ0n) is 9.27. The van der Waals surface area contributed by atoms with Crippen molar-refractivity contribution < 1.29 is 9.13 Å². The molecule has 0 atom stereocenters. The van der Waals surface area contributed by atoms with Crippen molar-refractivity contribution in [2.45, 2.75) is 0 Å². The minimum Gasteiger partial charge on any atom is -0.497 e. The maximum atomic E-state index is 13.5. The molecule has 4 nitrogen and oxygen atoms in total. The van der Waals surface area contributed by atoms with Crippen LogP contribution in [0.4, 0.5) is 21.5 Å². The zero-order valence-corrected chi connectivity index (χ0v) is 9.27. The van der Waals surface area contributed by atoms with Crippen molar-refractivity contribution in [3.63, 3.8) is 0 Å². The topological polar surface area (TPSA) is 60.2 Å². The number of hydrogen-bond donors (Lipinski definition) is 2. The Kier molecular flexibility index (Phi) is 3.09. The van der Waals surface area contributed by atoms with Crippen molar-refractivity contribution in [2.24, 2.45) is 0 Å². The van der Waals surface area contributed by atoms with E-state index in [4.69, 9.17) is 10.5 Å². The molecule has 0 aliphatic heterocycles. The van der Waals surface area contributed by atoms with Crippen LogP contribution in [0, 0.1) is 5.82 Å². The van der Waals surface area contributed by atoms with Crippen LogP contribution in [0.3, 0.4) is 0 Å². The molecule has 0 unspecified atom stereocenters. The Morgan fingerprint density at radius 1 is 1.29 bits per heavy atom. The fraction of sp³-hybridized carbons (Fsp3) is 0.0833. The van der Waals surface area contributed by atoms with Crippen molar-refractivity contribution in [1.82, 2.24) is 4.98 Å². The lowest BCUT2D eigenvalue weighted by Crippen LogP contribution is -1.96. The van der Waals surface area contributed by atoms with Gasteiger partial charge in [-0.1, -0.05) is 0 Å². The number of methoxy groups -OCH3 is 1. The number of aromatic nitrogens is 1. The van der Waals surface area contributed by atoms with Crippen LogP contribution in [0.2, 0.25) is 0 Å². The number of nitrogens with zero attached hydrogens (tertiary/aromatic N) is 1. The van der Waals surface area contributed by atoms with E-state index in [9.17, 15) is 4.39 Å². The summed E-state index contributed by atoms with van der Waals surface area (Å²) in [7, 11) is 1.53. The standard InChI is InChI=1S/C12H12FN3O/c1-17-10-2-3-11(13)12(5-10)16-9-4-8(14)6-15-7-9/h2-7,16H,14H2,1H3. The molecule has 0 aliphatic rings. The van der Waals surface area contributed by atoms with Crippen molar-refractivity contribution in [3.05, 3.63) is 42.5 Å². The van der Waals surface area contributed by atoms with E-state index in [0.717, 1.165) is 0 Å². The smallest absolute Gasteiger partial charge is 0.146 e. The van der Waals surface area contributed by atoms with E-state index in [2.05, 4.69) is 10.3 Å². The number of pyridine rings is 1. The predicted molar refractivity (Wildman–Crippen MR) is 64.9 cm³/mol. The molecule has 17 heavy (non-hydrogen) atoms. The first-order valence-corrected chi connectivity index (χ1v) is 5.00. The summed E-state index contributed by atoms with van der Waals surface area (Å²) in [6.45, 7) is 0. The molecule has 0 radical (unpaired) electrons. The number of nitrogens with two attached hydrogens (primary N) is 1. The molecule has 0 bridgehead atoms. The molecule has 88 valence electrons. The number of nitrogen functional groups attached to an aromatic ring is 1. The second-order valence-corrected chi connectivity index (χ2v) is 3.48. The van der Waals surface area contributed by atoms with Gasteiger partial charge in [0.25, 0.3) is 0 Å². The Morgan fingerprint density at radius 3 is 2.82 bits per heavy atom. The molecule has 1 aromatic heterocycles. The van der Waals surface area contributed by atoms with Gasteiger partial charge in [-0.2, -0.15) is 0 Å². The fourth-order valence-electron chi connectivity index (χ4n) is 1.41. The number of ether oxygens (including phenoxy) is 1. The predicted octanol–water partition coefficient (Wildman–Crippen LogP) is 2.56. The lowest BCUT2D eigenvalue weighted by atomic mass is 10.2. The Hall–Kier alpha value is -2.30. The van der Waals surface area contributed by atoms with Gasteiger partial charge in [-0.15, -0.1) is 0 Å². The minimum atomic E-state index is -0.367. The third-order valence-corrected chi connectivity index (χ3v) is 2.21. The first kappa shape index (κ1) is 11.2. The van der Waals surface area contributed by atoms with Gasteiger partial charge in [0.05, 0.1) is 30.4 Å². The van der Waals surface area contributed by atoms with E-state index in [1.807, 2.05) is 0 Å². The minimum absolute atomic E-state index is 0.316. The molecule has 0 aliphatic carbocycles. The molecule has 3 N–H and O–H groups in total. The Bertz CT molecular complexity index is 531. The third kappa shape index (κ3) is 2.63. The molecule has 0 fully saturated rings. The molecule has 2 rings (SSSR count). The average molecular weight is 233 g/mol. The molecule has 0 saturated carbocycles. The Labute approximate surface area is 98.2 Å². The van der Waals surface area contributed by atoms with Gasteiger partial charge in [0.1, 0.15) is 11.6 Å². The van der Waals surface area contributed by atoms with Crippen molar-refractivity contribution in [2.75, 3.05) is 18.2 Å². The van der Waals surface area contributed by atoms with E-state index in [1.54, 1.807) is 24.4 Å². The van der Waals surface area contributed by atoms with E-state index in [1.165, 1.54) is 19.4 Å². The number of halogens is 1. The summed E-state index contributed by atoms with van der Waals surface area (Å²) in [4.78, 5) is 3.91. The number of benzene rings is 1. The van der Waals surface area contributed by atoms with Gasteiger partial charge >= 0.3 is 0 Å². The summed E-state index contributed by atoms with van der Waals surface area (Å²) in [5.41, 5.74) is 7.04. The summed E-state index contributed by atoms with van der Waals surface area (Å²) in [5, 5.41) is 2.89. The first-order chi connectivity index (χ1) is 8.19. The van der Waals surface area contributed by atoms with Gasteiger partial charge in [0.15, 0.2) is 0 Å². The number of rotatable bonds is 3. The number of nitrogens with one attached hydrogen (secondary N) is 1. The van der Waals surface area contributed by atoms with Crippen LogP contribution >= 0.6 is 0 Å². The first-order valence-electron chi connectivity index (χ1n) is 5.00. The third-order valence-electron chi connectivity index (χ3n) is 2.21. The van der Waals surface area contributed by atoms with E-state index < -0.39 is 0 Å². The van der Waals surface area contributed by atoms with E-state index in [0.29, 0.717) is 22.8 Å². The van der Waals surface area contributed by atoms with Crippen molar-refractivity contribution >= 4 is 17.1 Å². The summed E-state index contributed by atoms with van der Waals surface area (Å²) in [5.74, 6) is 0.207. The molecule has 1 heterocycles. The fourth-order valence-corrected chi connectivity index (χ4v) is 1.41. The van der Waals surface area contributed by atoms with Gasteiger partial charge in [0.2, 0.25) is 0 Å². The largest absolute Gasteiger partial charge is 0.497 e. The molecule has 0 spiro atoms. The van der Waals surface area contributed by atoms with Crippen LogP contribution in [0.5, 0.6) is 5.75 Å². The maximum absolute atomic E-state index is 13.5. The molecule has 2 aromatic rings. The van der Waals surface area contributed by atoms with Gasteiger partial charge in [-0.05, 0) is 18.2 Å². The van der Waals surface area contributed by atoms with Crippen LogP contribution in [-0.2, 0) is 0 Å². The van der Waals surface area contributed by atoms with Crippen molar-refractivity contribution in [1.29, 1.82) is 0 Å². The number of hydrogen-bond acceptors (Lipinski definition) is 4. The SMILES string of the molecule is COc1ccc(F)c(Nc2cncc(N)c2)c1. The second-order valence-electron chi connectivity index (χ2n) is 3.48. The quantitative estimate of drug-likeness (QED) is 0.855. The van der Waals surface area contributed by atoms with Crippen LogP contribution in [-0.4, -0.2) is 12.1 Å². The Morgan fingerprint density at radius 2 is 2.12 bits per heavy atom. The van der Waals surface area contributed by atoms with Crippen LogP contribution < -0.4 is 15.8 Å². The molecule has 0 saturated heterocycles. The Balaban J connectivity index is 2.29. The molecule has 1 aromatic carbocycles. The van der Waals surface area contributed by atoms with Crippen molar-refractivity contribution in [3.8, 4) is 5.75 Å². The normalized spacial score (nSPS) is 10.0. The van der Waals surface area contributed by atoms with Crippen LogP contribution in [0.15, 0.2) is 36.7 Å². The summed E-state index contributed by atoms with van der Waals surface area (Å²) < 4.78 is 18.5. The highest BCUT2D eigenvalue weighted by atomic mass is 19.1. The average Bonchev–Trinajstić information content (AvgIpc) is 2.32. The van der Waals surface area contributed by atoms with Gasteiger partial charge in [0, 0.05) is 12.3 Å². The van der Waals surface area contributed by atoms with Gasteiger partial charge < -0.3 is 15.8 Å². The molecule has 0 amide bonds. The lowest BCUT2D eigenvalue weighted by Gasteiger charge is -2.09. The van der Waals surface area contributed by atoms with E-state index >= 15 is 0 Å². The molecular weight excluding hydrogens is 221 g/mol. The highest BCUT2D eigenvalue weighted by Crippen LogP contribution is 2.24. The molecule has 5 heteroatoms. The lowest BCUT2D eigenvalue weighted by molar-refractivity contribution is 0.414. The number of anilines is 3. The van der Waals surface area contributed by atoms with E-state index in [-0.39, 0.29) is 5.82 Å². The highest BCUT2D eigenvalue weighted by molar-refractivity contribution is 5.63. The highest BCUT2D eigenvalue weighted by Gasteiger charge is 2.04. The monoisotopic (exact) mass is 233 g/mol. The second kappa shape index (κ2) is 4.69. The summed E-state index contributed by atoms with van der Waals surface area (Å²) in [6, 6.07) is 6.13.